The number of rotatable bonds is 4. The SMILES string of the molecule is CCN(CC(F)(F)F)C(=O)C(N)c1ccccc1. The Bertz CT molecular complexity index is 392. The zero-order chi connectivity index (χ0) is 13.8. The number of nitrogens with zero attached hydrogens (tertiary/aromatic N) is 1. The average Bonchev–Trinajstić information content (AvgIpc) is 2.34. The van der Waals surface area contributed by atoms with Crippen LogP contribution in [0.4, 0.5) is 13.2 Å². The van der Waals surface area contributed by atoms with Crippen molar-refractivity contribution < 1.29 is 18.0 Å². The lowest BCUT2D eigenvalue weighted by Crippen LogP contribution is -2.43. The summed E-state index contributed by atoms with van der Waals surface area (Å²) in [5, 5.41) is 0. The predicted octanol–water partition coefficient (Wildman–Crippen LogP) is 2.10. The first-order valence-corrected chi connectivity index (χ1v) is 5.51. The van der Waals surface area contributed by atoms with Crippen molar-refractivity contribution in [2.75, 3.05) is 13.1 Å². The Morgan fingerprint density at radius 3 is 2.33 bits per heavy atom. The summed E-state index contributed by atoms with van der Waals surface area (Å²) in [7, 11) is 0. The van der Waals surface area contributed by atoms with Gasteiger partial charge in [0.05, 0.1) is 0 Å². The van der Waals surface area contributed by atoms with Crippen LogP contribution in [0.5, 0.6) is 0 Å². The van der Waals surface area contributed by atoms with Gasteiger partial charge in [-0.15, -0.1) is 0 Å². The van der Waals surface area contributed by atoms with Gasteiger partial charge in [0.2, 0.25) is 5.91 Å². The summed E-state index contributed by atoms with van der Waals surface area (Å²) in [6, 6.07) is 7.28. The third-order valence-electron chi connectivity index (χ3n) is 2.49. The molecule has 0 saturated heterocycles. The van der Waals surface area contributed by atoms with Gasteiger partial charge in [-0.1, -0.05) is 30.3 Å². The van der Waals surface area contributed by atoms with Crippen molar-refractivity contribution in [2.45, 2.75) is 19.1 Å². The molecule has 0 aliphatic heterocycles. The fraction of sp³-hybridized carbons (Fsp3) is 0.417. The minimum atomic E-state index is -4.41. The molecule has 1 atom stereocenters. The number of likely N-dealkylation sites (N-methyl/N-ethyl adjacent to an activating group) is 1. The summed E-state index contributed by atoms with van der Waals surface area (Å²) in [5.41, 5.74) is 6.18. The van der Waals surface area contributed by atoms with E-state index in [2.05, 4.69) is 0 Å². The van der Waals surface area contributed by atoms with Crippen molar-refractivity contribution in [3.8, 4) is 0 Å². The Morgan fingerprint density at radius 1 is 1.33 bits per heavy atom. The van der Waals surface area contributed by atoms with Gasteiger partial charge in [0.1, 0.15) is 12.6 Å². The van der Waals surface area contributed by atoms with E-state index in [-0.39, 0.29) is 6.54 Å². The molecule has 0 bridgehead atoms. The van der Waals surface area contributed by atoms with E-state index in [0.717, 1.165) is 0 Å². The number of benzene rings is 1. The zero-order valence-electron chi connectivity index (χ0n) is 9.95. The number of carbonyl (C=O) groups is 1. The molecular weight excluding hydrogens is 245 g/mol. The molecule has 0 aliphatic carbocycles. The van der Waals surface area contributed by atoms with E-state index in [9.17, 15) is 18.0 Å². The van der Waals surface area contributed by atoms with Crippen LogP contribution in [0.1, 0.15) is 18.5 Å². The van der Waals surface area contributed by atoms with Crippen molar-refractivity contribution >= 4 is 5.91 Å². The molecule has 1 aromatic carbocycles. The molecule has 3 nitrogen and oxygen atoms in total. The van der Waals surface area contributed by atoms with E-state index in [1.54, 1.807) is 30.3 Å². The summed E-state index contributed by atoms with van der Waals surface area (Å²) in [6.45, 7) is 0.184. The summed E-state index contributed by atoms with van der Waals surface area (Å²) >= 11 is 0. The fourth-order valence-electron chi connectivity index (χ4n) is 1.56. The van der Waals surface area contributed by atoms with Gasteiger partial charge in [-0.25, -0.2) is 0 Å². The molecule has 2 N–H and O–H groups in total. The first kappa shape index (κ1) is 14.5. The lowest BCUT2D eigenvalue weighted by molar-refractivity contribution is -0.161. The highest BCUT2D eigenvalue weighted by molar-refractivity contribution is 5.83. The molecule has 0 spiro atoms. The monoisotopic (exact) mass is 260 g/mol. The van der Waals surface area contributed by atoms with E-state index in [0.29, 0.717) is 10.5 Å². The van der Waals surface area contributed by atoms with Gasteiger partial charge in [-0.3, -0.25) is 4.79 Å². The normalized spacial score (nSPS) is 13.2. The van der Waals surface area contributed by atoms with Crippen molar-refractivity contribution in [1.82, 2.24) is 4.90 Å². The van der Waals surface area contributed by atoms with Crippen molar-refractivity contribution in [3.05, 3.63) is 35.9 Å². The number of alkyl halides is 3. The highest BCUT2D eigenvalue weighted by Gasteiger charge is 2.34. The second kappa shape index (κ2) is 5.86. The third kappa shape index (κ3) is 4.03. The molecule has 1 unspecified atom stereocenters. The topological polar surface area (TPSA) is 46.3 Å². The lowest BCUT2D eigenvalue weighted by atomic mass is 10.1. The molecule has 0 aliphatic rings. The van der Waals surface area contributed by atoms with Crippen LogP contribution in [0.3, 0.4) is 0 Å². The fourth-order valence-corrected chi connectivity index (χ4v) is 1.56. The van der Waals surface area contributed by atoms with Crippen molar-refractivity contribution in [3.63, 3.8) is 0 Å². The third-order valence-corrected chi connectivity index (χ3v) is 2.49. The molecule has 6 heteroatoms. The first-order valence-electron chi connectivity index (χ1n) is 5.51. The Balaban J connectivity index is 2.79. The van der Waals surface area contributed by atoms with Gasteiger partial charge in [0.15, 0.2) is 0 Å². The van der Waals surface area contributed by atoms with Crippen molar-refractivity contribution in [1.29, 1.82) is 0 Å². The largest absolute Gasteiger partial charge is 0.406 e. The van der Waals surface area contributed by atoms with Crippen LogP contribution in [-0.4, -0.2) is 30.1 Å². The minimum Gasteiger partial charge on any atom is -0.332 e. The Hall–Kier alpha value is -1.56. The average molecular weight is 260 g/mol. The molecular formula is C12H15F3N2O. The maximum atomic E-state index is 12.3. The van der Waals surface area contributed by atoms with Gasteiger partial charge in [0.25, 0.3) is 0 Å². The van der Waals surface area contributed by atoms with E-state index >= 15 is 0 Å². The number of hydrogen-bond donors (Lipinski definition) is 1. The van der Waals surface area contributed by atoms with Crippen LogP contribution in [0.2, 0.25) is 0 Å². The number of nitrogens with two attached hydrogens (primary N) is 1. The maximum Gasteiger partial charge on any atom is 0.406 e. The molecule has 18 heavy (non-hydrogen) atoms. The van der Waals surface area contributed by atoms with Gasteiger partial charge in [-0.05, 0) is 12.5 Å². The molecule has 1 amide bonds. The van der Waals surface area contributed by atoms with Crippen LogP contribution in [0.15, 0.2) is 30.3 Å². The Labute approximate surface area is 103 Å². The Morgan fingerprint density at radius 2 is 1.89 bits per heavy atom. The predicted molar refractivity (Wildman–Crippen MR) is 61.7 cm³/mol. The zero-order valence-corrected chi connectivity index (χ0v) is 9.95. The quantitative estimate of drug-likeness (QED) is 0.901. The smallest absolute Gasteiger partial charge is 0.332 e. The van der Waals surface area contributed by atoms with E-state index in [1.165, 1.54) is 6.92 Å². The van der Waals surface area contributed by atoms with Gasteiger partial charge in [0, 0.05) is 6.54 Å². The molecule has 100 valence electrons. The molecule has 0 fully saturated rings. The van der Waals surface area contributed by atoms with E-state index in [1.807, 2.05) is 0 Å². The number of amides is 1. The van der Waals surface area contributed by atoms with Gasteiger partial charge in [-0.2, -0.15) is 13.2 Å². The number of hydrogen-bond acceptors (Lipinski definition) is 2. The highest BCUT2D eigenvalue weighted by Crippen LogP contribution is 2.19. The highest BCUT2D eigenvalue weighted by atomic mass is 19.4. The van der Waals surface area contributed by atoms with Crippen LogP contribution < -0.4 is 5.73 Å². The van der Waals surface area contributed by atoms with Gasteiger partial charge >= 0.3 is 6.18 Å². The van der Waals surface area contributed by atoms with Crippen LogP contribution in [0, 0.1) is 0 Å². The molecule has 0 aromatic heterocycles. The number of halogens is 3. The second-order valence-corrected chi connectivity index (χ2v) is 3.86. The molecule has 0 heterocycles. The molecule has 0 radical (unpaired) electrons. The summed E-state index contributed by atoms with van der Waals surface area (Å²) < 4.78 is 36.9. The maximum absolute atomic E-state index is 12.3. The molecule has 1 rings (SSSR count). The lowest BCUT2D eigenvalue weighted by Gasteiger charge is -2.25. The minimum absolute atomic E-state index is 0.0289. The van der Waals surface area contributed by atoms with Crippen molar-refractivity contribution in [2.24, 2.45) is 5.73 Å². The van der Waals surface area contributed by atoms with E-state index in [4.69, 9.17) is 5.73 Å². The van der Waals surface area contributed by atoms with Crippen LogP contribution in [-0.2, 0) is 4.79 Å². The molecule has 1 aromatic rings. The first-order chi connectivity index (χ1) is 8.35. The number of carbonyl (C=O) groups excluding carboxylic acids is 1. The second-order valence-electron chi connectivity index (χ2n) is 3.86. The summed E-state index contributed by atoms with van der Waals surface area (Å²) in [4.78, 5) is 12.6. The molecule has 0 saturated carbocycles. The standard InChI is InChI=1S/C12H15F3N2O/c1-2-17(8-12(13,14)15)11(18)10(16)9-6-4-3-5-7-9/h3-7,10H,2,8,16H2,1H3. The summed E-state index contributed by atoms with van der Waals surface area (Å²) in [5.74, 6) is -0.721. The Kier molecular flexibility index (Phi) is 4.72. The summed E-state index contributed by atoms with van der Waals surface area (Å²) in [6.07, 6.45) is -4.41. The van der Waals surface area contributed by atoms with Gasteiger partial charge < -0.3 is 10.6 Å². The van der Waals surface area contributed by atoms with E-state index < -0.39 is 24.7 Å². The van der Waals surface area contributed by atoms with Crippen LogP contribution >= 0.6 is 0 Å². The van der Waals surface area contributed by atoms with Crippen LogP contribution in [0.25, 0.3) is 0 Å².